The van der Waals surface area contributed by atoms with E-state index in [1.54, 1.807) is 24.3 Å². The van der Waals surface area contributed by atoms with Crippen molar-refractivity contribution in [2.24, 2.45) is 0 Å². The number of fused-ring (bicyclic) bond motifs is 1. The van der Waals surface area contributed by atoms with Gasteiger partial charge in [-0.05, 0) is 48.4 Å². The van der Waals surface area contributed by atoms with E-state index in [9.17, 15) is 18.8 Å². The molecule has 140 valence electrons. The van der Waals surface area contributed by atoms with Gasteiger partial charge in [0.15, 0.2) is 30.6 Å². The third-order valence-corrected chi connectivity index (χ3v) is 4.42. The predicted molar refractivity (Wildman–Crippen MR) is 98.3 cm³/mol. The summed E-state index contributed by atoms with van der Waals surface area (Å²) in [5.41, 5.74) is 1.93. The van der Waals surface area contributed by atoms with Gasteiger partial charge in [-0.15, -0.1) is 0 Å². The molecular formula is C19H15BrFNO5. The van der Waals surface area contributed by atoms with Gasteiger partial charge in [-0.25, -0.2) is 9.18 Å². The van der Waals surface area contributed by atoms with Crippen molar-refractivity contribution < 1.29 is 28.2 Å². The monoisotopic (exact) mass is 435 g/mol. The molecular weight excluding hydrogens is 421 g/mol. The number of halogens is 2. The second-order valence-electron chi connectivity index (χ2n) is 5.87. The Balaban J connectivity index is 1.51. The highest BCUT2D eigenvalue weighted by molar-refractivity contribution is 9.10. The van der Waals surface area contributed by atoms with Crippen LogP contribution < -0.4 is 10.1 Å². The molecule has 1 N–H and O–H groups in total. The van der Waals surface area contributed by atoms with Crippen LogP contribution in [-0.4, -0.2) is 30.9 Å². The predicted octanol–water partition coefficient (Wildman–Crippen LogP) is 3.28. The molecule has 0 spiro atoms. The molecule has 0 radical (unpaired) electrons. The number of benzene rings is 2. The van der Waals surface area contributed by atoms with Gasteiger partial charge in [-0.2, -0.15) is 0 Å². The van der Waals surface area contributed by atoms with Gasteiger partial charge >= 0.3 is 5.97 Å². The number of nitrogens with one attached hydrogen (secondary N) is 1. The van der Waals surface area contributed by atoms with Gasteiger partial charge in [0.05, 0.1) is 0 Å². The summed E-state index contributed by atoms with van der Waals surface area (Å²) in [7, 11) is 0. The summed E-state index contributed by atoms with van der Waals surface area (Å²) in [6, 6.07) is 9.06. The Hall–Kier alpha value is -2.74. The number of hydrogen-bond acceptors (Lipinski definition) is 5. The van der Waals surface area contributed by atoms with Crippen molar-refractivity contribution in [1.29, 1.82) is 0 Å². The molecule has 3 rings (SSSR count). The highest BCUT2D eigenvalue weighted by Crippen LogP contribution is 2.24. The Morgan fingerprint density at radius 1 is 1.11 bits per heavy atom. The first-order chi connectivity index (χ1) is 12.9. The summed E-state index contributed by atoms with van der Waals surface area (Å²) in [5, 5.41) is 2.73. The van der Waals surface area contributed by atoms with Crippen LogP contribution in [0.1, 0.15) is 22.3 Å². The van der Waals surface area contributed by atoms with Crippen molar-refractivity contribution >= 4 is 39.3 Å². The fourth-order valence-corrected chi connectivity index (χ4v) is 2.89. The number of esters is 1. The van der Waals surface area contributed by atoms with Gasteiger partial charge in [0.1, 0.15) is 0 Å². The molecule has 6 nitrogen and oxygen atoms in total. The molecule has 0 saturated carbocycles. The minimum absolute atomic E-state index is 0.0577. The highest BCUT2D eigenvalue weighted by Gasteiger charge is 2.17. The Kier molecular flexibility index (Phi) is 5.85. The summed E-state index contributed by atoms with van der Waals surface area (Å²) in [5.74, 6) is -1.92. The average molecular weight is 436 g/mol. The van der Waals surface area contributed by atoms with Crippen LogP contribution in [0.5, 0.6) is 5.75 Å². The van der Waals surface area contributed by atoms with Crippen LogP contribution >= 0.6 is 15.9 Å². The van der Waals surface area contributed by atoms with Gasteiger partial charge < -0.3 is 14.8 Å². The van der Waals surface area contributed by atoms with E-state index in [1.165, 1.54) is 12.1 Å². The van der Waals surface area contributed by atoms with Gasteiger partial charge in [-0.3, -0.25) is 9.59 Å². The minimum atomic E-state index is -0.782. The molecule has 2 aromatic carbocycles. The molecule has 0 fully saturated rings. The molecule has 1 aliphatic rings. The maximum atomic E-state index is 13.6. The lowest BCUT2D eigenvalue weighted by molar-refractivity contribution is -0.144. The summed E-state index contributed by atoms with van der Waals surface area (Å²) in [6.45, 7) is -0.960. The Bertz CT molecular complexity index is 915. The van der Waals surface area contributed by atoms with E-state index < -0.39 is 25.0 Å². The quantitative estimate of drug-likeness (QED) is 0.556. The molecule has 1 heterocycles. The van der Waals surface area contributed by atoms with Crippen molar-refractivity contribution in [2.45, 2.75) is 12.8 Å². The summed E-state index contributed by atoms with van der Waals surface area (Å²) < 4.78 is 24.1. The van der Waals surface area contributed by atoms with E-state index in [0.29, 0.717) is 28.6 Å². The number of ketones is 1. The number of hydrogen-bond donors (Lipinski definition) is 1. The molecule has 8 heteroatoms. The zero-order chi connectivity index (χ0) is 19.4. The minimum Gasteiger partial charge on any atom is -0.479 e. The zero-order valence-electron chi connectivity index (χ0n) is 14.1. The van der Waals surface area contributed by atoms with E-state index in [2.05, 4.69) is 21.2 Å². The Labute approximate surface area is 162 Å². The number of carbonyl (C=O) groups is 3. The normalized spacial score (nSPS) is 12.7. The topological polar surface area (TPSA) is 81.7 Å². The van der Waals surface area contributed by atoms with Crippen LogP contribution in [0, 0.1) is 5.82 Å². The maximum Gasteiger partial charge on any atom is 0.344 e. The van der Waals surface area contributed by atoms with Crippen molar-refractivity contribution in [2.75, 3.05) is 18.5 Å². The van der Waals surface area contributed by atoms with E-state index >= 15 is 0 Å². The van der Waals surface area contributed by atoms with Gasteiger partial charge in [-0.1, -0.05) is 15.9 Å². The maximum absolute atomic E-state index is 13.6. The lowest BCUT2D eigenvalue weighted by atomic mass is 9.99. The van der Waals surface area contributed by atoms with Crippen LogP contribution in [0.25, 0.3) is 0 Å². The molecule has 1 aliphatic heterocycles. The van der Waals surface area contributed by atoms with Crippen LogP contribution in [0.3, 0.4) is 0 Å². The van der Waals surface area contributed by atoms with Gasteiger partial charge in [0, 0.05) is 22.1 Å². The van der Waals surface area contributed by atoms with Crippen molar-refractivity contribution in [3.8, 4) is 5.75 Å². The van der Waals surface area contributed by atoms with Gasteiger partial charge in [0.2, 0.25) is 5.91 Å². The van der Waals surface area contributed by atoms with Crippen LogP contribution in [0.15, 0.2) is 40.9 Å². The van der Waals surface area contributed by atoms with Crippen molar-refractivity contribution in [1.82, 2.24) is 0 Å². The third-order valence-electron chi connectivity index (χ3n) is 3.93. The lowest BCUT2D eigenvalue weighted by Gasteiger charge is -2.17. The standard InChI is InChI=1S/C19H15BrFNO5/c20-13-3-5-17(14(21)8-13)26-10-19(25)27-9-16(23)12-1-4-15-11(7-12)2-6-18(24)22-15/h1,3-5,7-8H,2,6,9-10H2,(H,22,24). The molecule has 2 aromatic rings. The fraction of sp³-hybridized carbons (Fsp3) is 0.211. The number of ether oxygens (including phenoxy) is 2. The number of rotatable bonds is 6. The van der Waals surface area contributed by atoms with E-state index in [-0.39, 0.29) is 17.4 Å². The SMILES string of the molecule is O=C1CCc2cc(C(=O)COC(=O)COc3ccc(Br)cc3F)ccc2N1. The van der Waals surface area contributed by atoms with Crippen LogP contribution in [-0.2, 0) is 20.7 Å². The molecule has 0 atom stereocenters. The molecule has 0 saturated heterocycles. The van der Waals surface area contributed by atoms with E-state index in [1.807, 2.05) is 0 Å². The first-order valence-electron chi connectivity index (χ1n) is 8.12. The second-order valence-corrected chi connectivity index (χ2v) is 6.78. The number of aryl methyl sites for hydroxylation is 1. The van der Waals surface area contributed by atoms with Crippen molar-refractivity contribution in [3.63, 3.8) is 0 Å². The zero-order valence-corrected chi connectivity index (χ0v) is 15.7. The van der Waals surface area contributed by atoms with E-state index in [4.69, 9.17) is 9.47 Å². The summed E-state index contributed by atoms with van der Waals surface area (Å²) >= 11 is 3.12. The smallest absolute Gasteiger partial charge is 0.344 e. The van der Waals surface area contributed by atoms with Crippen LogP contribution in [0.4, 0.5) is 10.1 Å². The lowest BCUT2D eigenvalue weighted by Crippen LogP contribution is -2.21. The molecule has 27 heavy (non-hydrogen) atoms. The first-order valence-corrected chi connectivity index (χ1v) is 8.91. The van der Waals surface area contributed by atoms with Crippen LogP contribution in [0.2, 0.25) is 0 Å². The molecule has 0 aliphatic carbocycles. The molecule has 1 amide bonds. The number of anilines is 1. The second kappa shape index (κ2) is 8.30. The van der Waals surface area contributed by atoms with E-state index in [0.717, 1.165) is 5.56 Å². The molecule has 0 unspecified atom stereocenters. The van der Waals surface area contributed by atoms with Gasteiger partial charge in [0.25, 0.3) is 0 Å². The number of carbonyl (C=O) groups excluding carboxylic acids is 3. The first kappa shape index (κ1) is 19.0. The Morgan fingerprint density at radius 3 is 2.70 bits per heavy atom. The Morgan fingerprint density at radius 2 is 1.93 bits per heavy atom. The fourth-order valence-electron chi connectivity index (χ4n) is 2.56. The number of Topliss-reactive ketones (excluding diaryl/α,β-unsaturated/α-hetero) is 1. The largest absolute Gasteiger partial charge is 0.479 e. The summed E-state index contributed by atoms with van der Waals surface area (Å²) in [6.07, 6.45) is 0.915. The van der Waals surface area contributed by atoms with Crippen molar-refractivity contribution in [3.05, 3.63) is 57.8 Å². The third kappa shape index (κ3) is 4.91. The highest BCUT2D eigenvalue weighted by atomic mass is 79.9. The summed E-state index contributed by atoms with van der Waals surface area (Å²) in [4.78, 5) is 35.3. The molecule has 0 bridgehead atoms. The number of amides is 1. The molecule has 0 aromatic heterocycles. The average Bonchev–Trinajstić information content (AvgIpc) is 2.65.